The van der Waals surface area contributed by atoms with Crippen molar-refractivity contribution in [1.29, 1.82) is 0 Å². The second kappa shape index (κ2) is 8.68. The lowest BCUT2D eigenvalue weighted by Gasteiger charge is -2.12. The normalized spacial score (nSPS) is 11.1. The van der Waals surface area contributed by atoms with E-state index in [9.17, 15) is 22.8 Å². The van der Waals surface area contributed by atoms with Gasteiger partial charge in [0.15, 0.2) is 11.4 Å². The molecule has 10 heteroatoms. The molecule has 2 aromatic carbocycles. The first-order valence-corrected chi connectivity index (χ1v) is 8.73. The van der Waals surface area contributed by atoms with E-state index in [4.69, 9.17) is 4.74 Å². The fraction of sp³-hybridized carbons (Fsp3) is 0.150. The van der Waals surface area contributed by atoms with Gasteiger partial charge in [-0.3, -0.25) is 9.59 Å². The third kappa shape index (κ3) is 4.96. The van der Waals surface area contributed by atoms with E-state index in [0.717, 1.165) is 0 Å². The van der Waals surface area contributed by atoms with Crippen molar-refractivity contribution in [1.82, 2.24) is 15.1 Å². The molecule has 0 aliphatic carbocycles. The lowest BCUT2D eigenvalue weighted by molar-refractivity contribution is -0.123. The second-order valence-electron chi connectivity index (χ2n) is 6.12. The van der Waals surface area contributed by atoms with Gasteiger partial charge >= 0.3 is 6.18 Å². The summed E-state index contributed by atoms with van der Waals surface area (Å²) in [5.74, 6) is -1.46. The smallest absolute Gasteiger partial charge is 0.405 e. The molecule has 1 heterocycles. The Morgan fingerprint density at radius 3 is 2.37 bits per heavy atom. The Bertz CT molecular complexity index is 1050. The van der Waals surface area contributed by atoms with Crippen LogP contribution in [-0.4, -0.2) is 41.4 Å². The number of carbonyl (C=O) groups excluding carboxylic acids is 2. The highest BCUT2D eigenvalue weighted by Gasteiger charge is 2.28. The first-order chi connectivity index (χ1) is 14.3. The zero-order valence-electron chi connectivity index (χ0n) is 15.7. The van der Waals surface area contributed by atoms with E-state index in [0.29, 0.717) is 5.69 Å². The van der Waals surface area contributed by atoms with Crippen LogP contribution in [-0.2, 0) is 0 Å². The number of benzene rings is 2. The monoisotopic (exact) mass is 418 g/mol. The predicted octanol–water partition coefficient (Wildman–Crippen LogP) is 3.43. The fourth-order valence-corrected chi connectivity index (χ4v) is 2.63. The van der Waals surface area contributed by atoms with Crippen LogP contribution in [0.3, 0.4) is 0 Å². The summed E-state index contributed by atoms with van der Waals surface area (Å²) in [4.78, 5) is 24.9. The summed E-state index contributed by atoms with van der Waals surface area (Å²) < 4.78 is 43.8. The Morgan fingerprint density at radius 2 is 1.70 bits per heavy atom. The molecule has 7 nitrogen and oxygen atoms in total. The van der Waals surface area contributed by atoms with Gasteiger partial charge in [-0.2, -0.15) is 18.3 Å². The quantitative estimate of drug-likeness (QED) is 0.642. The van der Waals surface area contributed by atoms with Gasteiger partial charge in [0.05, 0.1) is 30.2 Å². The van der Waals surface area contributed by atoms with Crippen molar-refractivity contribution in [3.8, 4) is 11.4 Å². The molecule has 0 saturated carbocycles. The van der Waals surface area contributed by atoms with Gasteiger partial charge in [-0.25, -0.2) is 4.68 Å². The maximum absolute atomic E-state index is 12.8. The van der Waals surface area contributed by atoms with Crippen LogP contribution in [0.4, 0.5) is 18.9 Å². The number of hydrogen-bond acceptors (Lipinski definition) is 4. The Labute approximate surface area is 169 Å². The van der Waals surface area contributed by atoms with Crippen molar-refractivity contribution in [2.45, 2.75) is 6.18 Å². The molecule has 0 bridgehead atoms. The Morgan fingerprint density at radius 1 is 1.03 bits per heavy atom. The van der Waals surface area contributed by atoms with Crippen LogP contribution in [0.15, 0.2) is 60.8 Å². The highest BCUT2D eigenvalue weighted by molar-refractivity contribution is 6.09. The summed E-state index contributed by atoms with van der Waals surface area (Å²) in [6, 6.07) is 14.7. The van der Waals surface area contributed by atoms with Crippen LogP contribution >= 0.6 is 0 Å². The minimum Gasteiger partial charge on any atom is -0.493 e. The molecule has 3 aromatic rings. The number of rotatable bonds is 6. The molecule has 0 atom stereocenters. The summed E-state index contributed by atoms with van der Waals surface area (Å²) in [6.07, 6.45) is -3.03. The molecular formula is C20H17F3N4O3. The van der Waals surface area contributed by atoms with Crippen LogP contribution < -0.4 is 15.4 Å². The lowest BCUT2D eigenvalue weighted by atomic mass is 10.1. The fourth-order valence-electron chi connectivity index (χ4n) is 2.63. The van der Waals surface area contributed by atoms with Crippen LogP contribution in [0.5, 0.6) is 5.75 Å². The average Bonchev–Trinajstić information content (AvgIpc) is 3.17. The van der Waals surface area contributed by atoms with E-state index in [2.05, 4.69) is 10.4 Å². The molecule has 2 N–H and O–H groups in total. The van der Waals surface area contributed by atoms with Crippen LogP contribution in [0, 0.1) is 0 Å². The highest BCUT2D eigenvalue weighted by atomic mass is 19.4. The Hall–Kier alpha value is -3.82. The van der Waals surface area contributed by atoms with E-state index < -0.39 is 24.5 Å². The summed E-state index contributed by atoms with van der Waals surface area (Å²) in [7, 11) is 1.38. The molecule has 0 radical (unpaired) electrons. The number of nitrogens with one attached hydrogen (secondary N) is 2. The molecule has 156 valence electrons. The number of para-hydroxylation sites is 2. The van der Waals surface area contributed by atoms with Crippen LogP contribution in [0.1, 0.15) is 20.8 Å². The van der Waals surface area contributed by atoms with Gasteiger partial charge in [-0.15, -0.1) is 0 Å². The number of amides is 2. The van der Waals surface area contributed by atoms with E-state index in [1.165, 1.54) is 42.3 Å². The van der Waals surface area contributed by atoms with Gasteiger partial charge < -0.3 is 15.4 Å². The molecule has 0 unspecified atom stereocenters. The number of aromatic nitrogens is 2. The maximum Gasteiger partial charge on any atom is 0.405 e. The molecule has 0 aliphatic rings. The van der Waals surface area contributed by atoms with Gasteiger partial charge in [-0.05, 0) is 24.3 Å². The Kier molecular flexibility index (Phi) is 6.05. The first kappa shape index (κ1) is 20.9. The van der Waals surface area contributed by atoms with Crippen molar-refractivity contribution in [3.05, 3.63) is 72.1 Å². The van der Waals surface area contributed by atoms with Crippen molar-refractivity contribution in [2.75, 3.05) is 19.0 Å². The van der Waals surface area contributed by atoms with Crippen LogP contribution in [0.2, 0.25) is 0 Å². The van der Waals surface area contributed by atoms with Gasteiger partial charge in [0.1, 0.15) is 6.54 Å². The third-order valence-corrected chi connectivity index (χ3v) is 4.01. The highest BCUT2D eigenvalue weighted by Crippen LogP contribution is 2.22. The predicted molar refractivity (Wildman–Crippen MR) is 103 cm³/mol. The number of halogens is 3. The molecule has 30 heavy (non-hydrogen) atoms. The van der Waals surface area contributed by atoms with Crippen molar-refractivity contribution in [2.24, 2.45) is 0 Å². The molecular weight excluding hydrogens is 401 g/mol. The molecule has 0 saturated heterocycles. The van der Waals surface area contributed by atoms with Crippen molar-refractivity contribution in [3.63, 3.8) is 0 Å². The maximum atomic E-state index is 12.8. The molecule has 0 fully saturated rings. The third-order valence-electron chi connectivity index (χ3n) is 4.01. The van der Waals surface area contributed by atoms with Gasteiger partial charge in [0.2, 0.25) is 0 Å². The van der Waals surface area contributed by atoms with Crippen molar-refractivity contribution < 1.29 is 27.5 Å². The van der Waals surface area contributed by atoms with E-state index in [1.54, 1.807) is 29.6 Å². The second-order valence-corrected chi connectivity index (χ2v) is 6.12. The SMILES string of the molecule is COc1cn(-c2ccccc2)nc1C(=O)Nc1ccccc1C(=O)NCC(F)(F)F. The Balaban J connectivity index is 1.83. The standard InChI is InChI=1S/C20H17F3N4O3/c1-30-16-11-27(13-7-3-2-4-8-13)26-17(16)19(29)25-15-10-6-5-9-14(15)18(28)24-12-20(21,22)23/h2-11H,12H2,1H3,(H,24,28)(H,25,29). The number of hydrogen-bond donors (Lipinski definition) is 2. The van der Waals surface area contributed by atoms with Gasteiger partial charge in [0.25, 0.3) is 11.8 Å². The van der Waals surface area contributed by atoms with Crippen LogP contribution in [0.25, 0.3) is 5.69 Å². The topological polar surface area (TPSA) is 85.2 Å². The number of nitrogens with zero attached hydrogens (tertiary/aromatic N) is 2. The minimum absolute atomic E-state index is 0.0403. The summed E-state index contributed by atoms with van der Waals surface area (Å²) in [6.45, 7) is -1.48. The van der Waals surface area contributed by atoms with Gasteiger partial charge in [-0.1, -0.05) is 30.3 Å². The molecule has 2 amide bonds. The zero-order valence-corrected chi connectivity index (χ0v) is 15.7. The molecule has 0 aliphatic heterocycles. The lowest BCUT2D eigenvalue weighted by Crippen LogP contribution is -2.34. The van der Waals surface area contributed by atoms with E-state index in [-0.39, 0.29) is 22.7 Å². The number of carbonyl (C=O) groups is 2. The zero-order chi connectivity index (χ0) is 21.7. The molecule has 1 aromatic heterocycles. The minimum atomic E-state index is -4.55. The summed E-state index contributed by atoms with van der Waals surface area (Å²) >= 11 is 0. The molecule has 0 spiro atoms. The van der Waals surface area contributed by atoms with Gasteiger partial charge in [0, 0.05) is 0 Å². The number of alkyl halides is 3. The van der Waals surface area contributed by atoms with E-state index >= 15 is 0 Å². The number of anilines is 1. The van der Waals surface area contributed by atoms with E-state index in [1.807, 2.05) is 6.07 Å². The largest absolute Gasteiger partial charge is 0.493 e. The number of methoxy groups -OCH3 is 1. The number of ether oxygens (including phenoxy) is 1. The first-order valence-electron chi connectivity index (χ1n) is 8.73. The molecule has 3 rings (SSSR count). The average molecular weight is 418 g/mol. The summed E-state index contributed by atoms with van der Waals surface area (Å²) in [5.41, 5.74) is 0.573. The van der Waals surface area contributed by atoms with Crippen molar-refractivity contribution >= 4 is 17.5 Å². The summed E-state index contributed by atoms with van der Waals surface area (Å²) in [5, 5.41) is 8.51.